The quantitative estimate of drug-likeness (QED) is 0.683. The van der Waals surface area contributed by atoms with Gasteiger partial charge in [0.15, 0.2) is 5.78 Å². The fourth-order valence-electron chi connectivity index (χ4n) is 3.05. The predicted octanol–water partition coefficient (Wildman–Crippen LogP) is 3.70. The average Bonchev–Trinajstić information content (AvgIpc) is 2.65. The normalized spacial score (nSPS) is 16.4. The van der Waals surface area contributed by atoms with Crippen LogP contribution in [-0.4, -0.2) is 49.6 Å². The van der Waals surface area contributed by atoms with Crippen molar-refractivity contribution in [2.24, 2.45) is 0 Å². The summed E-state index contributed by atoms with van der Waals surface area (Å²) < 4.78 is 27.1. The van der Waals surface area contributed by atoms with E-state index in [1.54, 1.807) is 30.3 Å². The topological polar surface area (TPSA) is 57.7 Å². The summed E-state index contributed by atoms with van der Waals surface area (Å²) in [5, 5.41) is 1.23. The summed E-state index contributed by atoms with van der Waals surface area (Å²) in [5.74, 6) is -0.0919. The summed E-state index contributed by atoms with van der Waals surface area (Å²) in [6, 6.07) is 11.5. The molecular weight excluding hydrogens is 407 g/mol. The first kappa shape index (κ1) is 20.3. The van der Waals surface area contributed by atoms with E-state index in [1.807, 2.05) is 0 Å². The van der Waals surface area contributed by atoms with Crippen molar-refractivity contribution >= 4 is 39.0 Å². The van der Waals surface area contributed by atoms with Gasteiger partial charge in [0.2, 0.25) is 10.0 Å². The highest BCUT2D eigenvalue weighted by molar-refractivity contribution is 7.89. The number of hydrogen-bond acceptors (Lipinski definition) is 4. The maximum atomic E-state index is 12.8. The molecule has 0 atom stereocenters. The van der Waals surface area contributed by atoms with Gasteiger partial charge in [-0.15, -0.1) is 0 Å². The summed E-state index contributed by atoms with van der Waals surface area (Å²) in [6.45, 7) is 3.99. The number of benzene rings is 2. The zero-order valence-electron chi connectivity index (χ0n) is 14.9. The Balaban J connectivity index is 1.66. The number of sulfonamides is 1. The molecule has 0 radical (unpaired) electrons. The molecule has 0 bridgehead atoms. The number of Topliss-reactive ketones (excluding diaryl/α,β-unsaturated/α-hetero) is 1. The van der Waals surface area contributed by atoms with Crippen molar-refractivity contribution in [3.8, 4) is 0 Å². The van der Waals surface area contributed by atoms with Crippen LogP contribution in [0.1, 0.15) is 22.8 Å². The van der Waals surface area contributed by atoms with Gasteiger partial charge in [0, 0.05) is 53.9 Å². The Kier molecular flexibility index (Phi) is 6.23. The summed E-state index contributed by atoms with van der Waals surface area (Å²) in [7, 11) is -3.57. The van der Waals surface area contributed by atoms with Crippen LogP contribution < -0.4 is 0 Å². The molecule has 2 aromatic rings. The zero-order chi connectivity index (χ0) is 19.6. The van der Waals surface area contributed by atoms with Crippen molar-refractivity contribution in [2.75, 3.05) is 26.2 Å². The van der Waals surface area contributed by atoms with E-state index < -0.39 is 10.0 Å². The third-order valence-electron chi connectivity index (χ3n) is 4.67. The second-order valence-corrected chi connectivity index (χ2v) is 9.21. The molecule has 1 aliphatic heterocycles. The van der Waals surface area contributed by atoms with Crippen LogP contribution in [0, 0.1) is 0 Å². The SMILES string of the molecule is CC(=O)c1ccc(S(=O)(=O)N2CCN(Cc3c(Cl)cccc3Cl)CC2)cc1. The fraction of sp³-hybridized carbons (Fsp3) is 0.316. The van der Waals surface area contributed by atoms with Gasteiger partial charge in [-0.05, 0) is 31.2 Å². The maximum Gasteiger partial charge on any atom is 0.243 e. The van der Waals surface area contributed by atoms with E-state index in [0.29, 0.717) is 48.3 Å². The molecule has 5 nitrogen and oxygen atoms in total. The first-order valence-electron chi connectivity index (χ1n) is 8.55. The number of carbonyl (C=O) groups is 1. The minimum atomic E-state index is -3.57. The fourth-order valence-corrected chi connectivity index (χ4v) is 4.98. The van der Waals surface area contributed by atoms with Gasteiger partial charge in [-0.2, -0.15) is 4.31 Å². The van der Waals surface area contributed by atoms with Crippen molar-refractivity contribution in [3.63, 3.8) is 0 Å². The molecule has 8 heteroatoms. The molecule has 0 amide bonds. The first-order chi connectivity index (χ1) is 12.8. The standard InChI is InChI=1S/C19H20Cl2N2O3S/c1-14(24)15-5-7-16(8-6-15)27(25,26)23-11-9-22(10-12-23)13-17-18(20)3-2-4-19(17)21/h2-8H,9-13H2,1H3. The average molecular weight is 427 g/mol. The number of rotatable bonds is 5. The van der Waals surface area contributed by atoms with E-state index in [4.69, 9.17) is 23.2 Å². The van der Waals surface area contributed by atoms with Crippen LogP contribution in [0.15, 0.2) is 47.4 Å². The van der Waals surface area contributed by atoms with Gasteiger partial charge in [-0.3, -0.25) is 9.69 Å². The number of ketones is 1. The highest BCUT2D eigenvalue weighted by Crippen LogP contribution is 2.26. The van der Waals surface area contributed by atoms with E-state index in [2.05, 4.69) is 4.90 Å². The van der Waals surface area contributed by atoms with E-state index >= 15 is 0 Å². The molecule has 0 spiro atoms. The second kappa shape index (κ2) is 8.29. The molecule has 3 rings (SSSR count). The molecule has 1 heterocycles. The molecule has 2 aromatic carbocycles. The summed E-state index contributed by atoms with van der Waals surface area (Å²) in [6.07, 6.45) is 0. The maximum absolute atomic E-state index is 12.8. The molecule has 0 aliphatic carbocycles. The largest absolute Gasteiger partial charge is 0.296 e. The Morgan fingerprint density at radius 2 is 1.52 bits per heavy atom. The van der Waals surface area contributed by atoms with Crippen LogP contribution in [-0.2, 0) is 16.6 Å². The van der Waals surface area contributed by atoms with Crippen LogP contribution in [0.25, 0.3) is 0 Å². The molecule has 1 saturated heterocycles. The van der Waals surface area contributed by atoms with Crippen molar-refractivity contribution in [3.05, 3.63) is 63.6 Å². The molecule has 1 aliphatic rings. The zero-order valence-corrected chi connectivity index (χ0v) is 17.2. The smallest absolute Gasteiger partial charge is 0.243 e. The molecule has 144 valence electrons. The van der Waals surface area contributed by atoms with Crippen LogP contribution in [0.3, 0.4) is 0 Å². The number of piperazine rings is 1. The lowest BCUT2D eigenvalue weighted by atomic mass is 10.2. The highest BCUT2D eigenvalue weighted by Gasteiger charge is 2.29. The van der Waals surface area contributed by atoms with Gasteiger partial charge >= 0.3 is 0 Å². The minimum Gasteiger partial charge on any atom is -0.296 e. The van der Waals surface area contributed by atoms with E-state index in [1.165, 1.54) is 23.4 Å². The highest BCUT2D eigenvalue weighted by atomic mass is 35.5. The van der Waals surface area contributed by atoms with Crippen LogP contribution in [0.5, 0.6) is 0 Å². The third-order valence-corrected chi connectivity index (χ3v) is 7.29. The number of carbonyl (C=O) groups excluding carboxylic acids is 1. The van der Waals surface area contributed by atoms with Gasteiger partial charge in [0.25, 0.3) is 0 Å². The van der Waals surface area contributed by atoms with E-state index in [9.17, 15) is 13.2 Å². The Labute approximate surface area is 169 Å². The summed E-state index contributed by atoms with van der Waals surface area (Å²) in [5.41, 5.74) is 1.35. The number of hydrogen-bond donors (Lipinski definition) is 0. The van der Waals surface area contributed by atoms with Gasteiger partial charge in [-0.25, -0.2) is 8.42 Å². The van der Waals surface area contributed by atoms with E-state index in [-0.39, 0.29) is 10.7 Å². The van der Waals surface area contributed by atoms with Gasteiger partial charge < -0.3 is 0 Å². The lowest BCUT2D eigenvalue weighted by Crippen LogP contribution is -2.48. The molecule has 0 saturated carbocycles. The van der Waals surface area contributed by atoms with Crippen molar-refractivity contribution < 1.29 is 13.2 Å². The predicted molar refractivity (Wildman–Crippen MR) is 107 cm³/mol. The molecule has 0 unspecified atom stereocenters. The Hall–Kier alpha value is -1.44. The van der Waals surface area contributed by atoms with Crippen molar-refractivity contribution in [2.45, 2.75) is 18.4 Å². The van der Waals surface area contributed by atoms with Gasteiger partial charge in [0.1, 0.15) is 0 Å². The molecular formula is C19H20Cl2N2O3S. The number of halogens is 2. The van der Waals surface area contributed by atoms with Crippen LogP contribution in [0.2, 0.25) is 10.0 Å². The summed E-state index contributed by atoms with van der Waals surface area (Å²) >= 11 is 12.4. The van der Waals surface area contributed by atoms with Crippen LogP contribution >= 0.6 is 23.2 Å². The molecule has 1 fully saturated rings. The first-order valence-corrected chi connectivity index (χ1v) is 10.7. The van der Waals surface area contributed by atoms with Gasteiger partial charge in [-0.1, -0.05) is 41.4 Å². The number of nitrogens with zero attached hydrogens (tertiary/aromatic N) is 2. The lowest BCUT2D eigenvalue weighted by molar-refractivity contribution is 0.101. The minimum absolute atomic E-state index is 0.0919. The molecule has 0 aromatic heterocycles. The summed E-state index contributed by atoms with van der Waals surface area (Å²) in [4.78, 5) is 13.7. The van der Waals surface area contributed by atoms with Crippen molar-refractivity contribution in [1.82, 2.24) is 9.21 Å². The molecule has 0 N–H and O–H groups in total. The third kappa shape index (κ3) is 4.52. The Morgan fingerprint density at radius 3 is 2.04 bits per heavy atom. The Morgan fingerprint density at radius 1 is 0.963 bits per heavy atom. The van der Waals surface area contributed by atoms with Crippen LogP contribution in [0.4, 0.5) is 0 Å². The monoisotopic (exact) mass is 426 g/mol. The van der Waals surface area contributed by atoms with E-state index in [0.717, 1.165) is 5.56 Å². The van der Waals surface area contributed by atoms with Gasteiger partial charge in [0.05, 0.1) is 4.90 Å². The Bertz CT molecular complexity index is 918. The van der Waals surface area contributed by atoms with Crippen molar-refractivity contribution in [1.29, 1.82) is 0 Å². The second-order valence-electron chi connectivity index (χ2n) is 6.46. The lowest BCUT2D eigenvalue weighted by Gasteiger charge is -2.34. The molecule has 27 heavy (non-hydrogen) atoms.